The van der Waals surface area contributed by atoms with Crippen LogP contribution in [-0.2, 0) is 6.54 Å². The lowest BCUT2D eigenvalue weighted by atomic mass is 10.1. The molecule has 1 heterocycles. The highest BCUT2D eigenvalue weighted by Crippen LogP contribution is 2.19. The first kappa shape index (κ1) is 16.6. The van der Waals surface area contributed by atoms with E-state index in [1.807, 2.05) is 37.3 Å². The van der Waals surface area contributed by atoms with Crippen LogP contribution in [-0.4, -0.2) is 21.9 Å². The Balaban J connectivity index is 1.79. The first-order chi connectivity index (χ1) is 12.2. The molecule has 0 radical (unpaired) electrons. The van der Waals surface area contributed by atoms with Crippen molar-refractivity contribution < 1.29 is 9.53 Å². The molecule has 0 unspecified atom stereocenters. The van der Waals surface area contributed by atoms with Crippen LogP contribution in [0.25, 0.3) is 11.3 Å². The van der Waals surface area contributed by atoms with Gasteiger partial charge in [0.05, 0.1) is 25.2 Å². The molecule has 3 rings (SSSR count). The van der Waals surface area contributed by atoms with E-state index in [-0.39, 0.29) is 17.9 Å². The zero-order chi connectivity index (χ0) is 17.6. The first-order valence-corrected chi connectivity index (χ1v) is 8.05. The van der Waals surface area contributed by atoms with Gasteiger partial charge in [0.25, 0.3) is 5.56 Å². The van der Waals surface area contributed by atoms with Gasteiger partial charge in [-0.3, -0.25) is 14.2 Å². The van der Waals surface area contributed by atoms with Gasteiger partial charge in [0.1, 0.15) is 5.75 Å². The van der Waals surface area contributed by atoms with E-state index in [9.17, 15) is 9.59 Å². The fourth-order valence-corrected chi connectivity index (χ4v) is 2.46. The highest BCUT2D eigenvalue weighted by molar-refractivity contribution is 5.95. The fourth-order valence-electron chi connectivity index (χ4n) is 2.46. The molecular formula is C20H18N2O3. The maximum Gasteiger partial charge on any atom is 0.254 e. The van der Waals surface area contributed by atoms with Crippen LogP contribution >= 0.6 is 0 Å². The molecule has 0 spiro atoms. The van der Waals surface area contributed by atoms with Crippen molar-refractivity contribution in [3.05, 3.63) is 82.9 Å². The number of hydrogen-bond acceptors (Lipinski definition) is 4. The van der Waals surface area contributed by atoms with Crippen LogP contribution < -0.4 is 10.3 Å². The third-order valence-corrected chi connectivity index (χ3v) is 3.75. The number of carbonyl (C=O) groups excluding carboxylic acids is 1. The summed E-state index contributed by atoms with van der Waals surface area (Å²) in [6, 6.07) is 17.7. The number of nitrogens with zero attached hydrogens (tertiary/aromatic N) is 2. The van der Waals surface area contributed by atoms with E-state index in [4.69, 9.17) is 4.74 Å². The minimum Gasteiger partial charge on any atom is -0.494 e. The van der Waals surface area contributed by atoms with Crippen molar-refractivity contribution >= 4 is 5.78 Å². The normalized spacial score (nSPS) is 10.4. The molecule has 0 atom stereocenters. The lowest BCUT2D eigenvalue weighted by Crippen LogP contribution is -2.24. The largest absolute Gasteiger partial charge is 0.494 e. The summed E-state index contributed by atoms with van der Waals surface area (Å²) in [5.41, 5.74) is 1.70. The van der Waals surface area contributed by atoms with Crippen LogP contribution in [0.2, 0.25) is 0 Å². The number of ketones is 1. The predicted octanol–water partition coefficient (Wildman–Crippen LogP) is 3.19. The Morgan fingerprint density at radius 1 is 1.08 bits per heavy atom. The lowest BCUT2D eigenvalue weighted by Gasteiger charge is -2.07. The number of benzene rings is 2. The van der Waals surface area contributed by atoms with E-state index >= 15 is 0 Å². The van der Waals surface area contributed by atoms with Gasteiger partial charge in [0.2, 0.25) is 0 Å². The van der Waals surface area contributed by atoms with Crippen LogP contribution in [0.4, 0.5) is 0 Å². The highest BCUT2D eigenvalue weighted by Gasteiger charge is 2.09. The van der Waals surface area contributed by atoms with Crippen molar-refractivity contribution in [2.24, 2.45) is 0 Å². The van der Waals surface area contributed by atoms with Crippen molar-refractivity contribution in [3.63, 3.8) is 0 Å². The first-order valence-electron chi connectivity index (χ1n) is 8.05. The smallest absolute Gasteiger partial charge is 0.254 e. The van der Waals surface area contributed by atoms with Crippen molar-refractivity contribution in [1.82, 2.24) is 9.55 Å². The van der Waals surface area contributed by atoms with Crippen LogP contribution in [0.3, 0.4) is 0 Å². The van der Waals surface area contributed by atoms with E-state index in [1.54, 1.807) is 24.3 Å². The fraction of sp³-hybridized carbons (Fsp3) is 0.150. The average molecular weight is 334 g/mol. The molecule has 3 aromatic rings. The standard InChI is InChI=1S/C20H18N2O3/c1-2-25-17-10-8-15(9-11-17)18-12-20(24)22(14-21-18)13-19(23)16-6-4-3-5-7-16/h3-12,14H,2,13H2,1H3. The summed E-state index contributed by atoms with van der Waals surface area (Å²) in [6.07, 6.45) is 1.41. The summed E-state index contributed by atoms with van der Waals surface area (Å²) >= 11 is 0. The van der Waals surface area contributed by atoms with Crippen molar-refractivity contribution in [1.29, 1.82) is 0 Å². The van der Waals surface area contributed by atoms with E-state index in [1.165, 1.54) is 17.0 Å². The molecular weight excluding hydrogens is 316 g/mol. The molecule has 0 aliphatic carbocycles. The predicted molar refractivity (Wildman–Crippen MR) is 95.9 cm³/mol. The molecule has 126 valence electrons. The number of hydrogen-bond donors (Lipinski definition) is 0. The zero-order valence-electron chi connectivity index (χ0n) is 13.9. The van der Waals surface area contributed by atoms with Crippen LogP contribution in [0.15, 0.2) is 71.8 Å². The molecule has 0 amide bonds. The molecule has 5 heteroatoms. The Labute approximate surface area is 145 Å². The topological polar surface area (TPSA) is 61.2 Å². The van der Waals surface area contributed by atoms with Crippen LogP contribution in [0, 0.1) is 0 Å². The van der Waals surface area contributed by atoms with Gasteiger partial charge in [0.15, 0.2) is 5.78 Å². The van der Waals surface area contributed by atoms with E-state index in [2.05, 4.69) is 4.98 Å². The molecule has 0 saturated carbocycles. The lowest BCUT2D eigenvalue weighted by molar-refractivity contribution is 0.0970. The second-order valence-electron chi connectivity index (χ2n) is 5.49. The minimum absolute atomic E-state index is 0.0284. The van der Waals surface area contributed by atoms with Crippen molar-refractivity contribution in [2.75, 3.05) is 6.61 Å². The summed E-state index contributed by atoms with van der Waals surface area (Å²) in [6.45, 7) is 2.49. The molecule has 5 nitrogen and oxygen atoms in total. The number of carbonyl (C=O) groups is 1. The number of rotatable bonds is 6. The molecule has 0 N–H and O–H groups in total. The van der Waals surface area contributed by atoms with Gasteiger partial charge in [-0.1, -0.05) is 30.3 Å². The Bertz CT molecular complexity index is 916. The Morgan fingerprint density at radius 2 is 1.80 bits per heavy atom. The Kier molecular flexibility index (Phi) is 5.04. The number of aromatic nitrogens is 2. The molecule has 25 heavy (non-hydrogen) atoms. The summed E-state index contributed by atoms with van der Waals surface area (Å²) in [5, 5.41) is 0. The molecule has 2 aromatic carbocycles. The zero-order valence-corrected chi connectivity index (χ0v) is 13.9. The monoisotopic (exact) mass is 334 g/mol. The van der Waals surface area contributed by atoms with E-state index in [0.717, 1.165) is 11.3 Å². The van der Waals surface area contributed by atoms with Crippen molar-refractivity contribution in [2.45, 2.75) is 13.5 Å². The molecule has 0 aliphatic rings. The van der Waals surface area contributed by atoms with Gasteiger partial charge in [0, 0.05) is 17.2 Å². The van der Waals surface area contributed by atoms with Gasteiger partial charge < -0.3 is 4.74 Å². The van der Waals surface area contributed by atoms with Crippen LogP contribution in [0.5, 0.6) is 5.75 Å². The van der Waals surface area contributed by atoms with Crippen molar-refractivity contribution in [3.8, 4) is 17.0 Å². The van der Waals surface area contributed by atoms with Gasteiger partial charge in [-0.2, -0.15) is 0 Å². The molecule has 0 aliphatic heterocycles. The average Bonchev–Trinajstić information content (AvgIpc) is 2.65. The van der Waals surface area contributed by atoms with E-state index < -0.39 is 0 Å². The second kappa shape index (κ2) is 7.57. The number of ether oxygens (including phenoxy) is 1. The number of Topliss-reactive ketones (excluding diaryl/α,β-unsaturated/α-hetero) is 1. The van der Waals surface area contributed by atoms with Gasteiger partial charge in [-0.25, -0.2) is 4.98 Å². The summed E-state index contributed by atoms with van der Waals surface area (Å²) in [7, 11) is 0. The second-order valence-corrected chi connectivity index (χ2v) is 5.49. The molecule has 0 bridgehead atoms. The summed E-state index contributed by atoms with van der Waals surface area (Å²) in [5.74, 6) is 0.645. The van der Waals surface area contributed by atoms with Gasteiger partial charge in [-0.05, 0) is 31.2 Å². The SMILES string of the molecule is CCOc1ccc(-c2cc(=O)n(CC(=O)c3ccccc3)cn2)cc1. The Hall–Kier alpha value is -3.21. The van der Waals surface area contributed by atoms with E-state index in [0.29, 0.717) is 17.9 Å². The Morgan fingerprint density at radius 3 is 2.44 bits per heavy atom. The quantitative estimate of drug-likeness (QED) is 0.650. The maximum atomic E-state index is 12.3. The van der Waals surface area contributed by atoms with Crippen LogP contribution in [0.1, 0.15) is 17.3 Å². The molecule has 1 aromatic heterocycles. The molecule has 0 fully saturated rings. The summed E-state index contributed by atoms with van der Waals surface area (Å²) in [4.78, 5) is 28.8. The maximum absolute atomic E-state index is 12.3. The molecule has 0 saturated heterocycles. The third-order valence-electron chi connectivity index (χ3n) is 3.75. The minimum atomic E-state index is -0.261. The van der Waals surface area contributed by atoms with Gasteiger partial charge >= 0.3 is 0 Å². The third kappa shape index (κ3) is 4.01. The summed E-state index contributed by atoms with van der Waals surface area (Å²) < 4.78 is 6.71. The highest BCUT2D eigenvalue weighted by atomic mass is 16.5. The van der Waals surface area contributed by atoms with Gasteiger partial charge in [-0.15, -0.1) is 0 Å².